The van der Waals surface area contributed by atoms with E-state index in [2.05, 4.69) is 192 Å². The first-order valence-corrected chi connectivity index (χ1v) is 49.6. The maximum atomic E-state index is 11.0. The van der Waals surface area contributed by atoms with Gasteiger partial charge in [-0.1, -0.05) is 312 Å². The summed E-state index contributed by atoms with van der Waals surface area (Å²) in [5.74, 6) is 25.2. The third-order valence-corrected chi connectivity index (χ3v) is 31.2. The van der Waals surface area contributed by atoms with Crippen molar-refractivity contribution in [2.75, 3.05) is 34.3 Å². The number of hydrogen-bond donors (Lipinski definition) is 1. The fraction of sp³-hybridized carbons (Fsp3) is 0.965. The van der Waals surface area contributed by atoms with Crippen LogP contribution in [0.25, 0.3) is 0 Å². The molecule has 14 rings (SSSR count). The van der Waals surface area contributed by atoms with Gasteiger partial charge in [0.25, 0.3) is 0 Å². The van der Waals surface area contributed by atoms with E-state index in [1.807, 2.05) is 49.7 Å². The number of fused-ring (bicyclic) bond motifs is 2. The molecule has 0 bridgehead atoms. The Labute approximate surface area is 788 Å². The normalized spacial score (nSPS) is 29.6. The summed E-state index contributed by atoms with van der Waals surface area (Å²) >= 11 is 0. The van der Waals surface area contributed by atoms with Gasteiger partial charge in [0.1, 0.15) is 6.10 Å². The minimum absolute atomic E-state index is 0. The van der Waals surface area contributed by atoms with Crippen LogP contribution in [-0.2, 0) is 33.3 Å². The van der Waals surface area contributed by atoms with Crippen molar-refractivity contribution in [2.24, 2.45) is 160 Å². The highest BCUT2D eigenvalue weighted by Crippen LogP contribution is 2.46. The van der Waals surface area contributed by atoms with Gasteiger partial charge in [0.05, 0.1) is 24.9 Å². The summed E-state index contributed by atoms with van der Waals surface area (Å²) in [5, 5.41) is 2.61. The van der Waals surface area contributed by atoms with Crippen LogP contribution in [-0.4, -0.2) is 121 Å². The molecule has 0 spiro atoms. The topological polar surface area (TPSA) is 127 Å². The molecule has 5 unspecified atom stereocenters. The first-order chi connectivity index (χ1) is 54.0. The predicted octanol–water partition coefficient (Wildman–Crippen LogP) is 33.4. The Morgan fingerprint density at radius 2 is 0.568 bits per heavy atom. The van der Waals surface area contributed by atoms with Crippen molar-refractivity contribution < 1.29 is 38.1 Å². The van der Waals surface area contributed by atoms with Crippen molar-refractivity contribution in [1.82, 2.24) is 20.0 Å². The molecule has 12 nitrogen and oxygen atoms in total. The SMILES string of the molecule is C.C.C.C.C.C.C.C.C.CC(=O)N(C)C1CC(C(C)C)C1.CC(=O)N(C)C1CC(C(C)C)C1.CC(=O)N(C)C1CC(C(C)C)C1.CC(C)C1CC2CCCOC2C1.CC(C)C1CCC1.CC(C)C1CCC1.CC(C)C1CCC1.CC(C)C1C[C@@H]2OC(C)(C)O[C@@H]2C1.CC(C)CC1CNC(=O)O1.CC1CC(C(C)C)C1.CC1CC(C(C)C)C1.CC1CC(C(C)C)C1. The second-order valence-electron chi connectivity index (χ2n) is 45.3. The van der Waals surface area contributed by atoms with E-state index >= 15 is 0 Å². The molecule has 14 aliphatic rings. The lowest BCUT2D eigenvalue weighted by atomic mass is 9.71. The number of amides is 4. The summed E-state index contributed by atoms with van der Waals surface area (Å²) in [6, 6.07) is 1.57. The summed E-state index contributed by atoms with van der Waals surface area (Å²) in [7, 11) is 5.72. The molecule has 0 aromatic carbocycles. The number of rotatable bonds is 16. The van der Waals surface area contributed by atoms with Crippen LogP contribution in [0.2, 0.25) is 0 Å². The lowest BCUT2D eigenvalue weighted by Gasteiger charge is -2.42. The Hall–Kier alpha value is -2.44. The summed E-state index contributed by atoms with van der Waals surface area (Å²) < 4.78 is 22.4. The number of cyclic esters (lactones) is 1. The Bertz CT molecular complexity index is 2380. The largest absolute Gasteiger partial charge is 0.444 e. The maximum Gasteiger partial charge on any atom is 0.407 e. The van der Waals surface area contributed by atoms with Gasteiger partial charge in [0.2, 0.25) is 17.7 Å². The molecule has 4 amide bonds. The van der Waals surface area contributed by atoms with Gasteiger partial charge in [-0.05, 0) is 296 Å². The van der Waals surface area contributed by atoms with E-state index in [1.54, 1.807) is 20.8 Å². The Kier molecular flexibility index (Phi) is 73.4. The number of alkyl carbamates (subject to hydrolysis) is 1. The van der Waals surface area contributed by atoms with Crippen molar-refractivity contribution in [1.29, 1.82) is 0 Å². The predicted molar refractivity (Wildman–Crippen MR) is 556 cm³/mol. The monoisotopic (exact) mass is 1780 g/mol. The summed E-state index contributed by atoms with van der Waals surface area (Å²) in [4.78, 5) is 49.1. The third-order valence-electron chi connectivity index (χ3n) is 31.2. The van der Waals surface area contributed by atoms with Gasteiger partial charge in [0.15, 0.2) is 5.79 Å². The first-order valence-electron chi connectivity index (χ1n) is 49.6. The second kappa shape index (κ2) is 67.7. The maximum absolute atomic E-state index is 11.0. The van der Waals surface area contributed by atoms with E-state index in [4.69, 9.17) is 18.9 Å². The number of nitrogens with zero attached hydrogens (tertiary/aromatic N) is 3. The van der Waals surface area contributed by atoms with E-state index in [1.165, 1.54) is 173 Å². The summed E-state index contributed by atoms with van der Waals surface area (Å²) in [5.41, 5.74) is 0. The Morgan fingerprint density at radius 1 is 0.336 bits per heavy atom. The summed E-state index contributed by atoms with van der Waals surface area (Å²) in [6.07, 6.45) is 39.6. The zero-order chi connectivity index (χ0) is 87.9. The van der Waals surface area contributed by atoms with Crippen LogP contribution in [0.3, 0.4) is 0 Å². The van der Waals surface area contributed by atoms with Gasteiger partial charge >= 0.3 is 6.09 Å². The van der Waals surface area contributed by atoms with Crippen LogP contribution in [0.1, 0.15) is 468 Å². The molecule has 11 saturated carbocycles. The molecule has 1 N–H and O–H groups in total. The number of nitrogens with one attached hydrogen (secondary N) is 1. The fourth-order valence-electron chi connectivity index (χ4n) is 19.5. The van der Waals surface area contributed by atoms with Crippen molar-refractivity contribution in [3.8, 4) is 0 Å². The quantitative estimate of drug-likeness (QED) is 0.162. The fourth-order valence-corrected chi connectivity index (χ4v) is 19.5. The Balaban J connectivity index is -0.000000243. The number of carbonyl (C=O) groups is 4. The van der Waals surface area contributed by atoms with Gasteiger partial charge in [-0.25, -0.2) is 4.79 Å². The number of carbonyl (C=O) groups excluding carboxylic acids is 4. The molecule has 11 aliphatic carbocycles. The minimum atomic E-state index is -0.336. The molecule has 14 fully saturated rings. The average Bonchev–Trinajstić information content (AvgIpc) is 1.64. The standard InChI is InChI=1S/C11H20O2.C11H20O.3C10H19NO.3C8H16.C7H13NO2.3C7H14.9CH4/c1-7(2)8-5-9-10(6-8)13-11(3,4)12-9;1-8(2)10-6-9-4-3-5-12-11(9)7-10;3*1-7(2)9-5-10(6-9)11(4)8(3)12;3*1-6(2)8-4-7(3)5-8;1-5(2)3-6-4-8-7(9)10-6;3*1-6(2)7-4-3-5-7;;;;;;;;;/h7-10H,5-6H2,1-4H3;8-11H,3-7H2,1-2H3;3*7,9-10H,5-6H2,1-4H3;3*6-8H,4-5H2,1-3H3;5-6H,3-4H2,1-2H3,(H,8,9);3*6-7H,3-5H2,1-2H3;9*1H4/t8?,9-,10+;;;;;;;;;;;;;;;;;;;;. The van der Waals surface area contributed by atoms with Crippen LogP contribution in [0.4, 0.5) is 4.79 Å². The Morgan fingerprint density at radius 3 is 0.744 bits per heavy atom. The lowest BCUT2D eigenvalue weighted by molar-refractivity contribution is -0.154. The van der Waals surface area contributed by atoms with Crippen LogP contribution >= 0.6 is 0 Å². The average molecular weight is 1780 g/mol. The van der Waals surface area contributed by atoms with E-state index in [9.17, 15) is 19.2 Å². The van der Waals surface area contributed by atoms with E-state index in [0.29, 0.717) is 48.9 Å². The highest BCUT2D eigenvalue weighted by molar-refractivity contribution is 5.74. The van der Waals surface area contributed by atoms with E-state index in [0.717, 1.165) is 167 Å². The van der Waals surface area contributed by atoms with Gasteiger partial charge in [-0.15, -0.1) is 0 Å². The highest BCUT2D eigenvalue weighted by atomic mass is 16.8. The molecule has 3 heterocycles. The number of ether oxygens (including phenoxy) is 4. The molecule has 0 aromatic rings. The lowest BCUT2D eigenvalue weighted by Crippen LogP contribution is -2.46. The van der Waals surface area contributed by atoms with Crippen LogP contribution in [0, 0.1) is 160 Å². The van der Waals surface area contributed by atoms with E-state index in [-0.39, 0.29) is 103 Å². The minimum Gasteiger partial charge on any atom is -0.444 e. The number of hydrogen-bond acceptors (Lipinski definition) is 8. The van der Waals surface area contributed by atoms with Crippen LogP contribution < -0.4 is 5.32 Å². The van der Waals surface area contributed by atoms with Crippen LogP contribution in [0.15, 0.2) is 0 Å². The molecule has 3 aliphatic heterocycles. The zero-order valence-electron chi connectivity index (χ0n) is 83.5. The zero-order valence-corrected chi connectivity index (χ0v) is 83.5. The molecule has 12 heteroatoms. The van der Waals surface area contributed by atoms with E-state index < -0.39 is 0 Å². The van der Waals surface area contributed by atoms with Gasteiger partial charge < -0.3 is 39.0 Å². The molecule has 0 radical (unpaired) electrons. The van der Waals surface area contributed by atoms with Gasteiger partial charge in [0, 0.05) is 66.6 Å². The smallest absolute Gasteiger partial charge is 0.407 e. The van der Waals surface area contributed by atoms with Gasteiger partial charge in [-0.2, -0.15) is 0 Å². The molecular weight excluding hydrogens is 1540 g/mol. The van der Waals surface area contributed by atoms with Gasteiger partial charge in [-0.3, -0.25) is 14.4 Å². The van der Waals surface area contributed by atoms with Crippen molar-refractivity contribution in [2.45, 2.75) is 517 Å². The second-order valence-corrected chi connectivity index (χ2v) is 45.3. The first kappa shape index (κ1) is 136. The molecule has 125 heavy (non-hydrogen) atoms. The van der Waals surface area contributed by atoms with Crippen LogP contribution in [0.5, 0.6) is 0 Å². The van der Waals surface area contributed by atoms with Crippen molar-refractivity contribution in [3.05, 3.63) is 0 Å². The molecule has 3 saturated heterocycles. The molecule has 0 aromatic heterocycles. The molecule has 756 valence electrons. The van der Waals surface area contributed by atoms with Crippen molar-refractivity contribution >= 4 is 23.8 Å². The molecule has 7 atom stereocenters. The summed E-state index contributed by atoms with van der Waals surface area (Å²) in [6.45, 7) is 72.7. The molecular formula is C113H236N4O8. The third kappa shape index (κ3) is 50.5. The van der Waals surface area contributed by atoms with Crippen molar-refractivity contribution in [3.63, 3.8) is 0 Å². The highest BCUT2D eigenvalue weighted by Gasteiger charge is 2.48.